The number of carbonyl (C=O) groups is 1. The molecule has 2 aromatic carbocycles. The Hall–Kier alpha value is -2.37. The highest BCUT2D eigenvalue weighted by molar-refractivity contribution is 6.33. The van der Waals surface area contributed by atoms with E-state index in [1.54, 1.807) is 54.4 Å². The van der Waals surface area contributed by atoms with Gasteiger partial charge in [0.15, 0.2) is 0 Å². The van der Waals surface area contributed by atoms with Crippen molar-refractivity contribution in [1.82, 2.24) is 14.5 Å². The number of unbranched alkanes of at least 4 members (excludes halogenated alkanes) is 1. The van der Waals surface area contributed by atoms with Crippen LogP contribution in [0, 0.1) is 0 Å². The summed E-state index contributed by atoms with van der Waals surface area (Å²) in [4.78, 5) is 32.6. The van der Waals surface area contributed by atoms with Crippen LogP contribution in [0.2, 0.25) is 10.0 Å². The van der Waals surface area contributed by atoms with Gasteiger partial charge in [0.2, 0.25) is 0 Å². The third-order valence-electron chi connectivity index (χ3n) is 5.03. The number of aromatic nitrogens is 2. The van der Waals surface area contributed by atoms with E-state index in [1.807, 2.05) is 6.92 Å². The molecule has 0 N–H and O–H groups in total. The van der Waals surface area contributed by atoms with Crippen LogP contribution in [0.25, 0.3) is 10.9 Å². The van der Waals surface area contributed by atoms with Gasteiger partial charge in [0.05, 0.1) is 27.5 Å². The molecule has 3 aromatic rings. The van der Waals surface area contributed by atoms with Crippen molar-refractivity contribution in [2.75, 3.05) is 6.54 Å². The molecule has 29 heavy (non-hydrogen) atoms. The Kier molecular flexibility index (Phi) is 6.60. The molecule has 5 nitrogen and oxygen atoms in total. The van der Waals surface area contributed by atoms with Crippen LogP contribution in [0.3, 0.4) is 0 Å². The topological polar surface area (TPSA) is 55.2 Å². The van der Waals surface area contributed by atoms with Crippen molar-refractivity contribution in [3.05, 3.63) is 74.3 Å². The molecule has 0 aliphatic heterocycles. The zero-order valence-electron chi connectivity index (χ0n) is 16.7. The molecule has 1 unspecified atom stereocenters. The summed E-state index contributed by atoms with van der Waals surface area (Å²) >= 11 is 12.3. The minimum absolute atomic E-state index is 0.179. The van der Waals surface area contributed by atoms with Crippen molar-refractivity contribution in [1.29, 1.82) is 0 Å². The zero-order chi connectivity index (χ0) is 21.1. The van der Waals surface area contributed by atoms with Gasteiger partial charge in [0, 0.05) is 18.6 Å². The molecule has 0 spiro atoms. The van der Waals surface area contributed by atoms with Crippen LogP contribution in [0.5, 0.6) is 0 Å². The molecule has 0 fully saturated rings. The predicted octanol–water partition coefficient (Wildman–Crippen LogP) is 5.24. The van der Waals surface area contributed by atoms with Crippen LogP contribution >= 0.6 is 23.2 Å². The average Bonchev–Trinajstić information content (AvgIpc) is 2.71. The molecule has 152 valence electrons. The van der Waals surface area contributed by atoms with Gasteiger partial charge in [-0.05, 0) is 43.7 Å². The normalized spacial score (nSPS) is 12.2. The summed E-state index contributed by atoms with van der Waals surface area (Å²) in [7, 11) is 1.67. The minimum Gasteiger partial charge on any atom is -0.329 e. The lowest BCUT2D eigenvalue weighted by atomic mass is 10.1. The van der Waals surface area contributed by atoms with Gasteiger partial charge >= 0.3 is 0 Å². The van der Waals surface area contributed by atoms with Gasteiger partial charge < -0.3 is 4.90 Å². The molecule has 0 saturated carbocycles. The lowest BCUT2D eigenvalue weighted by Gasteiger charge is -2.30. The summed E-state index contributed by atoms with van der Waals surface area (Å²) < 4.78 is 1.49. The molecule has 0 bridgehead atoms. The Bertz CT molecular complexity index is 1110. The summed E-state index contributed by atoms with van der Waals surface area (Å²) in [6.45, 7) is 4.49. The van der Waals surface area contributed by atoms with Gasteiger partial charge in [0.1, 0.15) is 5.82 Å². The van der Waals surface area contributed by atoms with E-state index < -0.39 is 6.04 Å². The van der Waals surface area contributed by atoms with E-state index in [0.29, 0.717) is 38.9 Å². The van der Waals surface area contributed by atoms with E-state index in [9.17, 15) is 9.59 Å². The first-order chi connectivity index (χ1) is 13.8. The molecule has 3 rings (SSSR count). The highest BCUT2D eigenvalue weighted by Gasteiger charge is 2.27. The number of benzene rings is 2. The lowest BCUT2D eigenvalue weighted by molar-refractivity contribution is 0.0677. The van der Waals surface area contributed by atoms with Gasteiger partial charge in [-0.1, -0.05) is 48.7 Å². The van der Waals surface area contributed by atoms with Crippen molar-refractivity contribution >= 4 is 40.0 Å². The van der Waals surface area contributed by atoms with Crippen LogP contribution in [0.1, 0.15) is 48.9 Å². The highest BCUT2D eigenvalue weighted by atomic mass is 35.5. The fourth-order valence-electron chi connectivity index (χ4n) is 3.36. The number of halogens is 2. The largest absolute Gasteiger partial charge is 0.329 e. The van der Waals surface area contributed by atoms with Gasteiger partial charge in [-0.3, -0.25) is 14.2 Å². The number of rotatable bonds is 6. The summed E-state index contributed by atoms with van der Waals surface area (Å²) in [5.41, 5.74) is 0.801. The fraction of sp³-hybridized carbons (Fsp3) is 0.318. The molecule has 0 aliphatic carbocycles. The predicted molar refractivity (Wildman–Crippen MR) is 118 cm³/mol. The van der Waals surface area contributed by atoms with Gasteiger partial charge in [0.25, 0.3) is 11.5 Å². The van der Waals surface area contributed by atoms with Crippen molar-refractivity contribution in [2.45, 2.75) is 32.7 Å². The van der Waals surface area contributed by atoms with E-state index in [4.69, 9.17) is 23.2 Å². The molecule has 1 amide bonds. The summed E-state index contributed by atoms with van der Waals surface area (Å²) in [6, 6.07) is 11.6. The number of carbonyl (C=O) groups excluding carboxylic acids is 1. The average molecular weight is 432 g/mol. The highest BCUT2D eigenvalue weighted by Crippen LogP contribution is 2.25. The first-order valence-electron chi connectivity index (χ1n) is 9.56. The maximum Gasteiger partial charge on any atom is 0.261 e. The van der Waals surface area contributed by atoms with E-state index >= 15 is 0 Å². The molecule has 1 heterocycles. The van der Waals surface area contributed by atoms with Gasteiger partial charge in [-0.2, -0.15) is 0 Å². The second-order valence-electron chi connectivity index (χ2n) is 7.00. The second-order valence-corrected chi connectivity index (χ2v) is 7.85. The molecule has 7 heteroatoms. The Morgan fingerprint density at radius 2 is 1.93 bits per heavy atom. The zero-order valence-corrected chi connectivity index (χ0v) is 18.2. The smallest absolute Gasteiger partial charge is 0.261 e. The van der Waals surface area contributed by atoms with E-state index in [1.165, 1.54) is 4.57 Å². The Morgan fingerprint density at radius 3 is 2.62 bits per heavy atom. The van der Waals surface area contributed by atoms with Crippen molar-refractivity contribution in [3.63, 3.8) is 0 Å². The summed E-state index contributed by atoms with van der Waals surface area (Å²) in [5.74, 6) is 0.336. The third-order valence-corrected chi connectivity index (χ3v) is 5.60. The number of hydrogen-bond acceptors (Lipinski definition) is 3. The lowest BCUT2D eigenvalue weighted by Crippen LogP contribution is -2.38. The first-order valence-corrected chi connectivity index (χ1v) is 10.3. The van der Waals surface area contributed by atoms with Gasteiger partial charge in [-0.15, -0.1) is 0 Å². The monoisotopic (exact) mass is 431 g/mol. The van der Waals surface area contributed by atoms with Crippen molar-refractivity contribution in [3.8, 4) is 0 Å². The maximum absolute atomic E-state index is 13.3. The number of nitrogens with zero attached hydrogens (tertiary/aromatic N) is 3. The minimum atomic E-state index is -0.414. The molecule has 0 radical (unpaired) electrons. The fourth-order valence-corrected chi connectivity index (χ4v) is 3.75. The molecule has 0 saturated heterocycles. The number of fused-ring (bicyclic) bond motifs is 1. The number of hydrogen-bond donors (Lipinski definition) is 0. The molecule has 0 aliphatic rings. The van der Waals surface area contributed by atoms with Crippen molar-refractivity contribution < 1.29 is 4.79 Å². The third kappa shape index (κ3) is 4.31. The summed E-state index contributed by atoms with van der Waals surface area (Å²) in [5, 5.41) is 1.34. The van der Waals surface area contributed by atoms with Crippen LogP contribution < -0.4 is 5.56 Å². The second kappa shape index (κ2) is 8.97. The SMILES string of the molecule is CCCCN(C(=O)c1ccccc1Cl)C(C)c1nc2ccc(Cl)cc2c(=O)n1C. The van der Waals surface area contributed by atoms with E-state index in [0.717, 1.165) is 12.8 Å². The Balaban J connectivity index is 2.08. The molecule has 1 aromatic heterocycles. The first kappa shape index (κ1) is 21.3. The molecular weight excluding hydrogens is 409 g/mol. The van der Waals surface area contributed by atoms with E-state index in [-0.39, 0.29) is 11.5 Å². The maximum atomic E-state index is 13.3. The Morgan fingerprint density at radius 1 is 1.21 bits per heavy atom. The quantitative estimate of drug-likeness (QED) is 0.535. The Labute approximate surface area is 179 Å². The van der Waals surface area contributed by atoms with Crippen LogP contribution in [0.15, 0.2) is 47.3 Å². The van der Waals surface area contributed by atoms with Crippen molar-refractivity contribution in [2.24, 2.45) is 7.05 Å². The van der Waals surface area contributed by atoms with Crippen LogP contribution in [-0.2, 0) is 7.05 Å². The number of amides is 1. The van der Waals surface area contributed by atoms with Crippen LogP contribution in [0.4, 0.5) is 0 Å². The molecular formula is C22H23Cl2N3O2. The standard InChI is InChI=1S/C22H23Cl2N3O2/c1-4-5-12-27(22(29)16-8-6-7-9-18(16)24)14(2)20-25-19-11-10-15(23)13-17(19)21(28)26(20)3/h6-11,13-14H,4-5,12H2,1-3H3. The van der Waals surface area contributed by atoms with E-state index in [2.05, 4.69) is 11.9 Å². The van der Waals surface area contributed by atoms with Crippen LogP contribution in [-0.4, -0.2) is 26.9 Å². The molecule has 1 atom stereocenters. The summed E-state index contributed by atoms with van der Waals surface area (Å²) in [6.07, 6.45) is 1.76. The van der Waals surface area contributed by atoms with Gasteiger partial charge in [-0.25, -0.2) is 4.98 Å².